The molecule has 0 unspecified atom stereocenters. The SMILES string of the molecule is CC(C)(C)[Si](C)(C)c1ccc(C=O)o1. The van der Waals surface area contributed by atoms with Crippen LogP contribution >= 0.6 is 0 Å². The van der Waals surface area contributed by atoms with E-state index < -0.39 is 8.07 Å². The molecule has 0 saturated heterocycles. The minimum Gasteiger partial charge on any atom is -0.463 e. The average Bonchev–Trinajstić information content (AvgIpc) is 2.49. The summed E-state index contributed by atoms with van der Waals surface area (Å²) in [5.74, 6) is 0.435. The van der Waals surface area contributed by atoms with Gasteiger partial charge in [-0.2, -0.15) is 0 Å². The molecule has 0 aromatic carbocycles. The van der Waals surface area contributed by atoms with Crippen molar-refractivity contribution in [3.63, 3.8) is 0 Å². The predicted molar refractivity (Wildman–Crippen MR) is 60.9 cm³/mol. The lowest BCUT2D eigenvalue weighted by molar-refractivity contribution is 0.110. The summed E-state index contributed by atoms with van der Waals surface area (Å²) in [6.07, 6.45) is 0.761. The van der Waals surface area contributed by atoms with Crippen LogP contribution in [0, 0.1) is 0 Å². The fourth-order valence-electron chi connectivity index (χ4n) is 1.12. The largest absolute Gasteiger partial charge is 0.463 e. The zero-order valence-electron chi connectivity index (χ0n) is 9.55. The van der Waals surface area contributed by atoms with Crippen LogP contribution in [0.5, 0.6) is 0 Å². The molecule has 1 rings (SSSR count). The Morgan fingerprint density at radius 3 is 2.21 bits per heavy atom. The predicted octanol–water partition coefficient (Wildman–Crippen LogP) is 2.81. The highest BCUT2D eigenvalue weighted by molar-refractivity contribution is 6.91. The van der Waals surface area contributed by atoms with E-state index in [0.717, 1.165) is 11.7 Å². The molecule has 78 valence electrons. The molecule has 1 aromatic rings. The van der Waals surface area contributed by atoms with Crippen LogP contribution in [-0.2, 0) is 0 Å². The number of furan rings is 1. The van der Waals surface area contributed by atoms with Gasteiger partial charge in [-0.15, -0.1) is 0 Å². The lowest BCUT2D eigenvalue weighted by Crippen LogP contribution is -2.48. The number of hydrogen-bond donors (Lipinski definition) is 0. The number of rotatable bonds is 2. The Balaban J connectivity index is 3.09. The van der Waals surface area contributed by atoms with Crippen LogP contribution in [0.2, 0.25) is 18.1 Å². The molecule has 0 bridgehead atoms. The molecule has 14 heavy (non-hydrogen) atoms. The number of carbonyl (C=O) groups is 1. The summed E-state index contributed by atoms with van der Waals surface area (Å²) in [5, 5.41) is 1.25. The highest BCUT2D eigenvalue weighted by Crippen LogP contribution is 2.35. The first-order valence-electron chi connectivity index (χ1n) is 4.84. The summed E-state index contributed by atoms with van der Waals surface area (Å²) < 4.78 is 5.52. The lowest BCUT2D eigenvalue weighted by atomic mass is 10.2. The van der Waals surface area contributed by atoms with Crippen molar-refractivity contribution in [1.29, 1.82) is 0 Å². The van der Waals surface area contributed by atoms with Gasteiger partial charge in [0.15, 0.2) is 12.0 Å². The second-order valence-corrected chi connectivity index (χ2v) is 10.4. The molecule has 0 N–H and O–H groups in total. The van der Waals surface area contributed by atoms with E-state index in [4.69, 9.17) is 4.42 Å². The van der Waals surface area contributed by atoms with Crippen LogP contribution in [0.3, 0.4) is 0 Å². The third-order valence-corrected chi connectivity index (χ3v) is 8.48. The first-order valence-corrected chi connectivity index (χ1v) is 7.84. The second-order valence-electron chi connectivity index (χ2n) is 5.19. The summed E-state index contributed by atoms with van der Waals surface area (Å²) >= 11 is 0. The Kier molecular flexibility index (Phi) is 2.72. The Hall–Kier alpha value is -0.833. The molecular weight excluding hydrogens is 192 g/mol. The minimum absolute atomic E-state index is 0.241. The quantitative estimate of drug-likeness (QED) is 0.555. The lowest BCUT2D eigenvalue weighted by Gasteiger charge is -2.34. The van der Waals surface area contributed by atoms with E-state index in [9.17, 15) is 4.79 Å². The minimum atomic E-state index is -1.60. The summed E-state index contributed by atoms with van der Waals surface area (Å²) in [4.78, 5) is 10.5. The van der Waals surface area contributed by atoms with Gasteiger partial charge in [0.05, 0.1) is 5.38 Å². The van der Waals surface area contributed by atoms with E-state index in [1.165, 1.54) is 0 Å². The molecule has 0 spiro atoms. The van der Waals surface area contributed by atoms with E-state index in [1.807, 2.05) is 6.07 Å². The van der Waals surface area contributed by atoms with Gasteiger partial charge in [-0.05, 0) is 17.2 Å². The van der Waals surface area contributed by atoms with Gasteiger partial charge in [0, 0.05) is 0 Å². The van der Waals surface area contributed by atoms with Crippen molar-refractivity contribution in [3.8, 4) is 0 Å². The molecule has 3 heteroatoms. The Morgan fingerprint density at radius 2 is 1.86 bits per heavy atom. The maximum atomic E-state index is 10.5. The molecule has 0 aliphatic heterocycles. The van der Waals surface area contributed by atoms with Gasteiger partial charge in [0.1, 0.15) is 8.07 Å². The van der Waals surface area contributed by atoms with Crippen molar-refractivity contribution in [3.05, 3.63) is 17.9 Å². The van der Waals surface area contributed by atoms with Crippen molar-refractivity contribution in [1.82, 2.24) is 0 Å². The van der Waals surface area contributed by atoms with Crippen LogP contribution in [0.25, 0.3) is 0 Å². The van der Waals surface area contributed by atoms with E-state index in [1.54, 1.807) is 6.07 Å². The van der Waals surface area contributed by atoms with Crippen molar-refractivity contribution < 1.29 is 9.21 Å². The fraction of sp³-hybridized carbons (Fsp3) is 0.545. The van der Waals surface area contributed by atoms with Crippen LogP contribution in [0.1, 0.15) is 31.3 Å². The normalized spacial score (nSPS) is 12.9. The third-order valence-electron chi connectivity index (χ3n) is 3.23. The fourth-order valence-corrected chi connectivity index (χ4v) is 2.73. The standard InChI is InChI=1S/C11H18O2Si/c1-11(2,3)14(4,5)10-7-6-9(8-12)13-10/h6-8H,1-5H3. The highest BCUT2D eigenvalue weighted by atomic mass is 28.3. The Morgan fingerprint density at radius 1 is 1.29 bits per heavy atom. The van der Waals surface area contributed by atoms with Crippen molar-refractivity contribution in [2.75, 3.05) is 0 Å². The topological polar surface area (TPSA) is 30.2 Å². The van der Waals surface area contributed by atoms with Crippen molar-refractivity contribution in [2.45, 2.75) is 38.9 Å². The zero-order chi connectivity index (χ0) is 11.0. The number of aldehydes is 1. The van der Waals surface area contributed by atoms with E-state index in [-0.39, 0.29) is 5.04 Å². The van der Waals surface area contributed by atoms with Gasteiger partial charge in [-0.3, -0.25) is 4.79 Å². The van der Waals surface area contributed by atoms with Gasteiger partial charge >= 0.3 is 0 Å². The van der Waals surface area contributed by atoms with E-state index in [0.29, 0.717) is 5.76 Å². The first-order chi connectivity index (χ1) is 6.29. The summed E-state index contributed by atoms with van der Waals surface area (Å²) in [6.45, 7) is 11.2. The molecule has 1 aromatic heterocycles. The molecule has 0 aliphatic carbocycles. The van der Waals surface area contributed by atoms with E-state index >= 15 is 0 Å². The molecule has 0 aliphatic rings. The summed E-state index contributed by atoms with van der Waals surface area (Å²) in [6, 6.07) is 3.70. The molecule has 1 heterocycles. The molecule has 0 fully saturated rings. The van der Waals surface area contributed by atoms with Crippen LogP contribution in [-0.4, -0.2) is 14.4 Å². The van der Waals surface area contributed by atoms with Gasteiger partial charge in [0.25, 0.3) is 0 Å². The summed E-state index contributed by atoms with van der Waals surface area (Å²) in [5.41, 5.74) is 0. The second kappa shape index (κ2) is 3.39. The summed E-state index contributed by atoms with van der Waals surface area (Å²) in [7, 11) is -1.60. The molecule has 0 atom stereocenters. The zero-order valence-corrected chi connectivity index (χ0v) is 10.5. The molecule has 0 radical (unpaired) electrons. The third kappa shape index (κ3) is 1.82. The Labute approximate surface area is 86.3 Å². The molecule has 2 nitrogen and oxygen atoms in total. The van der Waals surface area contributed by atoms with Crippen molar-refractivity contribution in [2.24, 2.45) is 0 Å². The maximum Gasteiger partial charge on any atom is 0.185 e. The van der Waals surface area contributed by atoms with Crippen molar-refractivity contribution >= 4 is 19.7 Å². The van der Waals surface area contributed by atoms with Crippen LogP contribution in [0.4, 0.5) is 0 Å². The molecule has 0 saturated carbocycles. The Bertz CT molecular complexity index is 331. The van der Waals surface area contributed by atoms with Crippen LogP contribution in [0.15, 0.2) is 16.5 Å². The van der Waals surface area contributed by atoms with Gasteiger partial charge < -0.3 is 4.42 Å². The maximum absolute atomic E-state index is 10.5. The van der Waals surface area contributed by atoms with Gasteiger partial charge in [0.2, 0.25) is 0 Å². The van der Waals surface area contributed by atoms with Gasteiger partial charge in [-0.1, -0.05) is 33.9 Å². The monoisotopic (exact) mass is 210 g/mol. The molecule has 0 amide bonds. The van der Waals surface area contributed by atoms with Crippen LogP contribution < -0.4 is 5.38 Å². The smallest absolute Gasteiger partial charge is 0.185 e. The highest BCUT2D eigenvalue weighted by Gasteiger charge is 2.39. The van der Waals surface area contributed by atoms with E-state index in [2.05, 4.69) is 33.9 Å². The van der Waals surface area contributed by atoms with Gasteiger partial charge in [-0.25, -0.2) is 0 Å². The average molecular weight is 210 g/mol. The number of carbonyl (C=O) groups excluding carboxylic acids is 1. The number of hydrogen-bond acceptors (Lipinski definition) is 2. The first kappa shape index (κ1) is 11.2. The molecular formula is C11H18O2Si.